The van der Waals surface area contributed by atoms with Gasteiger partial charge in [-0.3, -0.25) is 24.1 Å². The van der Waals surface area contributed by atoms with Crippen molar-refractivity contribution in [3.63, 3.8) is 0 Å². The molecule has 4 rings (SSSR count). The molecule has 1 amide bonds. The Kier molecular flexibility index (Phi) is 8.21. The number of nitrogens with one attached hydrogen (secondary N) is 1. The molecule has 3 heterocycles. The van der Waals surface area contributed by atoms with Gasteiger partial charge in [-0.25, -0.2) is 4.68 Å². The fraction of sp³-hybridized carbons (Fsp3) is 0.440. The third-order valence-corrected chi connectivity index (χ3v) is 6.51. The van der Waals surface area contributed by atoms with Gasteiger partial charge in [0.05, 0.1) is 13.2 Å². The molecule has 0 bridgehead atoms. The van der Waals surface area contributed by atoms with Crippen LogP contribution in [0.2, 0.25) is 0 Å². The molecule has 0 spiro atoms. The van der Waals surface area contributed by atoms with Gasteiger partial charge >= 0.3 is 0 Å². The van der Waals surface area contributed by atoms with Gasteiger partial charge in [0.1, 0.15) is 0 Å². The Balaban J connectivity index is 1.51. The summed E-state index contributed by atoms with van der Waals surface area (Å²) < 4.78 is 4.61. The molecule has 1 aromatic carbocycles. The highest BCUT2D eigenvalue weighted by atomic mass is 32.1. The first-order valence-corrected chi connectivity index (χ1v) is 12.4. The maximum atomic E-state index is 12.0. The van der Waals surface area contributed by atoms with E-state index in [1.54, 1.807) is 12.4 Å². The van der Waals surface area contributed by atoms with Crippen LogP contribution in [0.1, 0.15) is 25.8 Å². The van der Waals surface area contributed by atoms with Crippen molar-refractivity contribution < 1.29 is 4.79 Å². The first-order valence-electron chi connectivity index (χ1n) is 12.0. The van der Waals surface area contributed by atoms with Crippen LogP contribution >= 0.6 is 12.2 Å². The Morgan fingerprint density at radius 3 is 2.32 bits per heavy atom. The zero-order valence-electron chi connectivity index (χ0n) is 20.0. The lowest BCUT2D eigenvalue weighted by molar-refractivity contribution is -0.122. The summed E-state index contributed by atoms with van der Waals surface area (Å²) in [4.78, 5) is 20.7. The topological polar surface area (TPSA) is 71.2 Å². The predicted molar refractivity (Wildman–Crippen MR) is 136 cm³/mol. The average molecular weight is 480 g/mol. The lowest BCUT2D eigenvalue weighted by Crippen LogP contribution is -2.49. The Morgan fingerprint density at radius 1 is 1.00 bits per heavy atom. The summed E-state index contributed by atoms with van der Waals surface area (Å²) in [6.45, 7) is 9.46. The first-order chi connectivity index (χ1) is 16.6. The minimum Gasteiger partial charge on any atom is -0.355 e. The summed E-state index contributed by atoms with van der Waals surface area (Å²) >= 11 is 5.90. The third kappa shape index (κ3) is 5.78. The fourth-order valence-electron chi connectivity index (χ4n) is 4.10. The molecule has 2 aromatic heterocycles. The highest BCUT2D eigenvalue weighted by Crippen LogP contribution is 2.23. The van der Waals surface area contributed by atoms with Crippen molar-refractivity contribution in [1.82, 2.24) is 34.4 Å². The van der Waals surface area contributed by atoms with Crippen LogP contribution in [-0.2, 0) is 17.9 Å². The van der Waals surface area contributed by atoms with Gasteiger partial charge in [0, 0.05) is 56.4 Å². The summed E-state index contributed by atoms with van der Waals surface area (Å²) in [5.74, 6) is 0.912. The number of piperazine rings is 1. The molecule has 1 aliphatic rings. The summed E-state index contributed by atoms with van der Waals surface area (Å²) in [6, 6.07) is 12.4. The number of carbonyl (C=O) groups is 1. The summed E-state index contributed by atoms with van der Waals surface area (Å²) in [7, 11) is 0. The average Bonchev–Trinajstić information content (AvgIpc) is 3.20. The molecule has 9 heteroatoms. The van der Waals surface area contributed by atoms with Gasteiger partial charge in [-0.1, -0.05) is 26.0 Å². The second-order valence-corrected chi connectivity index (χ2v) is 8.95. The second kappa shape index (κ2) is 11.5. The van der Waals surface area contributed by atoms with Crippen molar-refractivity contribution >= 4 is 18.1 Å². The minimum atomic E-state index is 0.104. The van der Waals surface area contributed by atoms with Crippen molar-refractivity contribution in [2.45, 2.75) is 33.4 Å². The van der Waals surface area contributed by atoms with E-state index in [9.17, 15) is 4.79 Å². The molecule has 0 aliphatic carbocycles. The van der Waals surface area contributed by atoms with Crippen LogP contribution in [0.3, 0.4) is 0 Å². The van der Waals surface area contributed by atoms with Crippen molar-refractivity contribution in [3.05, 3.63) is 59.1 Å². The number of nitrogens with zero attached hydrogens (tertiary/aromatic N) is 6. The first kappa shape index (κ1) is 24.3. The highest BCUT2D eigenvalue weighted by molar-refractivity contribution is 7.71. The van der Waals surface area contributed by atoms with Crippen molar-refractivity contribution in [3.8, 4) is 17.1 Å². The van der Waals surface area contributed by atoms with E-state index < -0.39 is 0 Å². The molecule has 1 aliphatic heterocycles. The van der Waals surface area contributed by atoms with E-state index in [2.05, 4.69) is 58.2 Å². The van der Waals surface area contributed by atoms with Crippen molar-refractivity contribution in [2.75, 3.05) is 39.3 Å². The molecule has 3 aromatic rings. The standard InChI is InChI=1S/C25H33N7OS/c1-3-11-27-23(33)18-29-14-16-30(17-15-29)19-31-25(34)32(22-7-5-20(4-2)6-8-22)24(28-31)21-9-12-26-13-10-21/h5-10,12-13H,3-4,11,14-19H2,1-2H3,(H,27,33). The van der Waals surface area contributed by atoms with Crippen LogP contribution in [0.15, 0.2) is 48.8 Å². The number of pyridine rings is 1. The van der Waals surface area contributed by atoms with E-state index in [-0.39, 0.29) is 5.91 Å². The van der Waals surface area contributed by atoms with Gasteiger partial charge in [-0.2, -0.15) is 0 Å². The van der Waals surface area contributed by atoms with Crippen molar-refractivity contribution in [1.29, 1.82) is 0 Å². The van der Waals surface area contributed by atoms with E-state index in [0.29, 0.717) is 18.0 Å². The number of hydrogen-bond donors (Lipinski definition) is 1. The molecule has 180 valence electrons. The highest BCUT2D eigenvalue weighted by Gasteiger charge is 2.21. The van der Waals surface area contributed by atoms with Gasteiger partial charge in [0.2, 0.25) is 10.7 Å². The van der Waals surface area contributed by atoms with Gasteiger partial charge in [0.25, 0.3) is 0 Å². The fourth-order valence-corrected chi connectivity index (χ4v) is 4.39. The summed E-state index contributed by atoms with van der Waals surface area (Å²) in [6.07, 6.45) is 5.50. The summed E-state index contributed by atoms with van der Waals surface area (Å²) in [5.41, 5.74) is 3.26. The minimum absolute atomic E-state index is 0.104. The molecule has 8 nitrogen and oxygen atoms in total. The Labute approximate surface area is 206 Å². The van der Waals surface area contributed by atoms with Gasteiger partial charge in [-0.05, 0) is 54.9 Å². The largest absolute Gasteiger partial charge is 0.355 e. The third-order valence-electron chi connectivity index (χ3n) is 6.12. The number of rotatable bonds is 9. The van der Waals surface area contributed by atoms with Crippen LogP contribution in [0.4, 0.5) is 0 Å². The van der Waals surface area contributed by atoms with Gasteiger partial charge in [0.15, 0.2) is 5.82 Å². The molecular formula is C25H33N7OS. The smallest absolute Gasteiger partial charge is 0.234 e. The zero-order chi connectivity index (χ0) is 23.9. The van der Waals surface area contributed by atoms with E-state index in [1.807, 2.05) is 21.4 Å². The Morgan fingerprint density at radius 2 is 1.68 bits per heavy atom. The van der Waals surface area contributed by atoms with Crippen LogP contribution in [0.25, 0.3) is 17.1 Å². The molecular weight excluding hydrogens is 446 g/mol. The summed E-state index contributed by atoms with van der Waals surface area (Å²) in [5, 5.41) is 7.88. The quantitative estimate of drug-likeness (QED) is 0.476. The maximum absolute atomic E-state index is 12.0. The van der Waals surface area contributed by atoms with Gasteiger partial charge in [-0.15, -0.1) is 5.10 Å². The molecule has 0 radical (unpaired) electrons. The SMILES string of the molecule is CCCNC(=O)CN1CCN(Cn2nc(-c3ccncc3)n(-c3ccc(CC)cc3)c2=S)CC1. The molecule has 1 saturated heterocycles. The number of aromatic nitrogens is 4. The molecule has 0 unspecified atom stereocenters. The number of hydrogen-bond acceptors (Lipinski definition) is 6. The van der Waals surface area contributed by atoms with E-state index in [1.165, 1.54) is 5.56 Å². The number of carbonyl (C=O) groups excluding carboxylic acids is 1. The maximum Gasteiger partial charge on any atom is 0.234 e. The zero-order valence-corrected chi connectivity index (χ0v) is 20.8. The van der Waals surface area contributed by atoms with E-state index >= 15 is 0 Å². The second-order valence-electron chi connectivity index (χ2n) is 8.58. The number of benzene rings is 1. The molecule has 0 saturated carbocycles. The Hall–Kier alpha value is -2.88. The van der Waals surface area contributed by atoms with Gasteiger partial charge < -0.3 is 5.32 Å². The number of aryl methyl sites for hydroxylation is 1. The van der Waals surface area contributed by atoms with Crippen LogP contribution < -0.4 is 5.32 Å². The Bertz CT molecular complexity index is 1130. The van der Waals surface area contributed by atoms with Crippen molar-refractivity contribution in [2.24, 2.45) is 0 Å². The predicted octanol–water partition coefficient (Wildman–Crippen LogP) is 3.13. The number of amides is 1. The molecule has 1 fully saturated rings. The van der Waals surface area contributed by atoms with Crippen LogP contribution in [0, 0.1) is 4.77 Å². The lowest BCUT2D eigenvalue weighted by Gasteiger charge is -2.33. The monoisotopic (exact) mass is 479 g/mol. The lowest BCUT2D eigenvalue weighted by atomic mass is 10.1. The molecule has 0 atom stereocenters. The molecule has 34 heavy (non-hydrogen) atoms. The normalized spacial score (nSPS) is 14.9. The van der Waals surface area contributed by atoms with Crippen LogP contribution in [0.5, 0.6) is 0 Å². The van der Waals surface area contributed by atoms with E-state index in [0.717, 1.165) is 62.6 Å². The molecule has 1 N–H and O–H groups in total. The van der Waals surface area contributed by atoms with Crippen LogP contribution in [-0.4, -0.2) is 74.3 Å². The van der Waals surface area contributed by atoms with E-state index in [4.69, 9.17) is 17.3 Å².